The monoisotopic (exact) mass is 311 g/mol. The number of aryl methyl sites for hydroxylation is 1. The van der Waals surface area contributed by atoms with Crippen molar-refractivity contribution in [3.63, 3.8) is 0 Å². The summed E-state index contributed by atoms with van der Waals surface area (Å²) in [5, 5.41) is 6.16. The first-order valence-electron chi connectivity index (χ1n) is 6.07. The molecular formula is C13H17N3O2S2. The summed E-state index contributed by atoms with van der Waals surface area (Å²) in [5.74, 6) is 0. The Morgan fingerprint density at radius 3 is 2.70 bits per heavy atom. The molecule has 0 atom stereocenters. The second-order valence-electron chi connectivity index (χ2n) is 4.55. The van der Waals surface area contributed by atoms with Gasteiger partial charge in [-0.2, -0.15) is 0 Å². The molecule has 1 aromatic carbocycles. The molecule has 0 unspecified atom stereocenters. The highest BCUT2D eigenvalue weighted by Gasteiger charge is 2.17. The maximum absolute atomic E-state index is 12.0. The minimum Gasteiger partial charge on any atom is -0.378 e. The quantitative estimate of drug-likeness (QED) is 0.920. The van der Waals surface area contributed by atoms with E-state index in [1.54, 1.807) is 29.5 Å². The lowest BCUT2D eigenvalue weighted by Gasteiger charge is -2.12. The fourth-order valence-corrected chi connectivity index (χ4v) is 3.30. The Bertz CT molecular complexity index is 693. The van der Waals surface area contributed by atoms with Crippen LogP contribution in [0.4, 0.5) is 5.69 Å². The van der Waals surface area contributed by atoms with E-state index in [9.17, 15) is 8.42 Å². The van der Waals surface area contributed by atoms with Crippen molar-refractivity contribution in [2.24, 2.45) is 0 Å². The second-order valence-corrected chi connectivity index (χ2v) is 7.65. The third kappa shape index (κ3) is 3.36. The summed E-state index contributed by atoms with van der Waals surface area (Å²) in [7, 11) is -0.355. The topological polar surface area (TPSA) is 62.3 Å². The van der Waals surface area contributed by atoms with E-state index in [2.05, 4.69) is 10.3 Å². The van der Waals surface area contributed by atoms with Gasteiger partial charge >= 0.3 is 0 Å². The van der Waals surface area contributed by atoms with E-state index in [4.69, 9.17) is 0 Å². The molecule has 7 heteroatoms. The molecule has 0 amide bonds. The molecule has 0 radical (unpaired) electrons. The summed E-state index contributed by atoms with van der Waals surface area (Å²) < 4.78 is 25.3. The molecule has 108 valence electrons. The number of benzene rings is 1. The van der Waals surface area contributed by atoms with Crippen LogP contribution in [0.25, 0.3) is 0 Å². The van der Waals surface area contributed by atoms with Gasteiger partial charge in [-0.1, -0.05) is 6.07 Å². The smallest absolute Gasteiger partial charge is 0.242 e. The molecule has 0 spiro atoms. The number of hydrogen-bond donors (Lipinski definition) is 1. The number of thiazole rings is 1. The molecule has 0 aliphatic heterocycles. The highest BCUT2D eigenvalue weighted by Crippen LogP contribution is 2.19. The average Bonchev–Trinajstić information content (AvgIpc) is 2.82. The molecule has 2 rings (SSSR count). The molecule has 1 aromatic heterocycles. The molecular weight excluding hydrogens is 294 g/mol. The van der Waals surface area contributed by atoms with Crippen LogP contribution in [0.15, 0.2) is 34.5 Å². The number of hydrogen-bond acceptors (Lipinski definition) is 5. The normalized spacial score (nSPS) is 11.8. The molecule has 1 N–H and O–H groups in total. The van der Waals surface area contributed by atoms with Gasteiger partial charge in [-0.15, -0.1) is 11.3 Å². The van der Waals surface area contributed by atoms with Gasteiger partial charge < -0.3 is 5.32 Å². The van der Waals surface area contributed by atoms with Crippen molar-refractivity contribution in [2.45, 2.75) is 18.4 Å². The molecule has 1 heterocycles. The van der Waals surface area contributed by atoms with Crippen molar-refractivity contribution < 1.29 is 8.42 Å². The Hall–Kier alpha value is -1.44. The van der Waals surface area contributed by atoms with Gasteiger partial charge in [-0.05, 0) is 25.1 Å². The van der Waals surface area contributed by atoms with E-state index < -0.39 is 10.0 Å². The van der Waals surface area contributed by atoms with Crippen LogP contribution in [-0.4, -0.2) is 31.8 Å². The average molecular weight is 311 g/mol. The third-order valence-corrected chi connectivity index (χ3v) is 5.50. The third-order valence-electron chi connectivity index (χ3n) is 2.72. The van der Waals surface area contributed by atoms with E-state index in [0.29, 0.717) is 6.54 Å². The summed E-state index contributed by atoms with van der Waals surface area (Å²) in [6.45, 7) is 2.54. The van der Waals surface area contributed by atoms with Crippen LogP contribution < -0.4 is 5.32 Å². The minimum absolute atomic E-state index is 0.280. The maximum Gasteiger partial charge on any atom is 0.242 e. The Morgan fingerprint density at radius 1 is 1.35 bits per heavy atom. The van der Waals surface area contributed by atoms with E-state index in [0.717, 1.165) is 16.4 Å². The largest absolute Gasteiger partial charge is 0.378 e. The first-order valence-corrected chi connectivity index (χ1v) is 8.39. The SMILES string of the molecule is Cc1csc(CNc2cccc(S(=O)(=O)N(C)C)c2)n1. The zero-order chi connectivity index (χ0) is 14.8. The van der Waals surface area contributed by atoms with Crippen molar-refractivity contribution in [1.82, 2.24) is 9.29 Å². The van der Waals surface area contributed by atoms with Crippen LogP contribution in [0.5, 0.6) is 0 Å². The van der Waals surface area contributed by atoms with Crippen molar-refractivity contribution in [3.8, 4) is 0 Å². The fraction of sp³-hybridized carbons (Fsp3) is 0.308. The first-order chi connectivity index (χ1) is 9.39. The molecule has 0 saturated carbocycles. The number of nitrogens with one attached hydrogen (secondary N) is 1. The van der Waals surface area contributed by atoms with Gasteiger partial charge in [0.05, 0.1) is 11.4 Å². The van der Waals surface area contributed by atoms with Crippen molar-refractivity contribution in [1.29, 1.82) is 0 Å². The zero-order valence-corrected chi connectivity index (χ0v) is 13.3. The van der Waals surface area contributed by atoms with Crippen molar-refractivity contribution in [2.75, 3.05) is 19.4 Å². The summed E-state index contributed by atoms with van der Waals surface area (Å²) >= 11 is 1.58. The van der Waals surface area contributed by atoms with Gasteiger partial charge in [0.2, 0.25) is 10.0 Å². The maximum atomic E-state index is 12.0. The molecule has 0 bridgehead atoms. The Balaban J connectivity index is 2.14. The number of nitrogens with zero attached hydrogens (tertiary/aromatic N) is 2. The standard InChI is InChI=1S/C13H17N3O2S2/c1-10-9-19-13(15-10)8-14-11-5-4-6-12(7-11)20(17,18)16(2)3/h4-7,9,14H,8H2,1-3H3. The minimum atomic E-state index is -3.40. The highest BCUT2D eigenvalue weighted by molar-refractivity contribution is 7.89. The molecule has 0 aliphatic rings. The summed E-state index contributed by atoms with van der Waals surface area (Å²) in [5.41, 5.74) is 1.76. The first kappa shape index (κ1) is 15.0. The van der Waals surface area contributed by atoms with Crippen LogP contribution >= 0.6 is 11.3 Å². The van der Waals surface area contributed by atoms with E-state index in [1.165, 1.54) is 18.4 Å². The molecule has 2 aromatic rings. The van der Waals surface area contributed by atoms with Crippen LogP contribution in [0.1, 0.15) is 10.7 Å². The number of sulfonamides is 1. The molecule has 0 fully saturated rings. The number of aromatic nitrogens is 1. The van der Waals surface area contributed by atoms with Gasteiger partial charge in [0.25, 0.3) is 0 Å². The number of anilines is 1. The molecule has 5 nitrogen and oxygen atoms in total. The van der Waals surface area contributed by atoms with Crippen LogP contribution in [0, 0.1) is 6.92 Å². The molecule has 0 saturated heterocycles. The van der Waals surface area contributed by atoms with E-state index in [1.807, 2.05) is 18.4 Å². The Morgan fingerprint density at radius 2 is 2.10 bits per heavy atom. The van der Waals surface area contributed by atoms with Crippen LogP contribution in [-0.2, 0) is 16.6 Å². The lowest BCUT2D eigenvalue weighted by molar-refractivity contribution is 0.521. The van der Waals surface area contributed by atoms with Gasteiger partial charge in [0, 0.05) is 30.9 Å². The summed E-state index contributed by atoms with van der Waals surface area (Å²) in [4.78, 5) is 4.64. The number of rotatable bonds is 5. The predicted molar refractivity (Wildman–Crippen MR) is 81.5 cm³/mol. The van der Waals surface area contributed by atoms with Gasteiger partial charge in [-0.25, -0.2) is 17.7 Å². The van der Waals surface area contributed by atoms with Crippen LogP contribution in [0.3, 0.4) is 0 Å². The summed E-state index contributed by atoms with van der Waals surface area (Å²) in [6.07, 6.45) is 0. The summed E-state index contributed by atoms with van der Waals surface area (Å²) in [6, 6.07) is 6.80. The molecule has 0 aliphatic carbocycles. The van der Waals surface area contributed by atoms with Gasteiger partial charge in [0.15, 0.2) is 0 Å². The van der Waals surface area contributed by atoms with Crippen molar-refractivity contribution in [3.05, 3.63) is 40.3 Å². The van der Waals surface area contributed by atoms with Gasteiger partial charge in [0.1, 0.15) is 5.01 Å². The van der Waals surface area contributed by atoms with Gasteiger partial charge in [-0.3, -0.25) is 0 Å². The van der Waals surface area contributed by atoms with E-state index in [-0.39, 0.29) is 4.90 Å². The zero-order valence-electron chi connectivity index (χ0n) is 11.6. The second kappa shape index (κ2) is 5.90. The lowest BCUT2D eigenvalue weighted by atomic mass is 10.3. The predicted octanol–water partition coefficient (Wildman–Crippen LogP) is 2.31. The van der Waals surface area contributed by atoms with E-state index >= 15 is 0 Å². The lowest BCUT2D eigenvalue weighted by Crippen LogP contribution is -2.22. The Kier molecular flexibility index (Phi) is 4.42. The highest BCUT2D eigenvalue weighted by atomic mass is 32.2. The van der Waals surface area contributed by atoms with Crippen molar-refractivity contribution >= 4 is 27.0 Å². The molecule has 20 heavy (non-hydrogen) atoms. The Labute approximate surface area is 123 Å². The fourth-order valence-electron chi connectivity index (χ4n) is 1.64. The van der Waals surface area contributed by atoms with Crippen LogP contribution in [0.2, 0.25) is 0 Å².